The van der Waals surface area contributed by atoms with E-state index in [1.165, 1.54) is 49.3 Å². The minimum Gasteiger partial charge on any atom is -0.295 e. The largest absolute Gasteiger partial charge is 0.295 e. The van der Waals surface area contributed by atoms with Gasteiger partial charge in [0.25, 0.3) is 0 Å². The van der Waals surface area contributed by atoms with Crippen molar-refractivity contribution in [3.63, 3.8) is 0 Å². The zero-order valence-electron chi connectivity index (χ0n) is 15.5. The molecule has 0 saturated heterocycles. The summed E-state index contributed by atoms with van der Waals surface area (Å²) in [6, 6.07) is 8.85. The van der Waals surface area contributed by atoms with Crippen LogP contribution >= 0.6 is 0 Å². The molecule has 1 aromatic rings. The van der Waals surface area contributed by atoms with E-state index in [4.69, 9.17) is 0 Å². The zero-order valence-corrected chi connectivity index (χ0v) is 15.5. The average Bonchev–Trinajstić information content (AvgIpc) is 2.54. The van der Waals surface area contributed by atoms with Gasteiger partial charge in [0, 0.05) is 6.42 Å². The Kier molecular flexibility index (Phi) is 18.4. The predicted molar refractivity (Wildman–Crippen MR) is 100 cm³/mol. The predicted octanol–water partition coefficient (Wildman–Crippen LogP) is 6.69. The number of unbranched alkanes of at least 4 members (excludes halogenated alkanes) is 3. The normalized spacial score (nSPS) is 8.95. The molecule has 0 aliphatic heterocycles. The molecule has 0 aliphatic rings. The van der Waals surface area contributed by atoms with Gasteiger partial charge in [-0.3, -0.25) is 4.79 Å². The molecule has 0 fully saturated rings. The van der Waals surface area contributed by atoms with Crippen LogP contribution in [0.5, 0.6) is 0 Å². The smallest absolute Gasteiger partial charge is 0.155 e. The van der Waals surface area contributed by atoms with Crippen LogP contribution in [-0.2, 0) is 11.2 Å². The van der Waals surface area contributed by atoms with E-state index >= 15 is 0 Å². The molecule has 1 rings (SSSR count). The van der Waals surface area contributed by atoms with E-state index in [9.17, 15) is 4.79 Å². The van der Waals surface area contributed by atoms with Gasteiger partial charge in [0.05, 0.1) is 0 Å². The van der Waals surface area contributed by atoms with Crippen molar-refractivity contribution in [3.8, 4) is 0 Å². The van der Waals surface area contributed by atoms with Crippen LogP contribution in [0.2, 0.25) is 0 Å². The second kappa shape index (κ2) is 17.7. The van der Waals surface area contributed by atoms with E-state index in [0.717, 1.165) is 6.42 Å². The third kappa shape index (κ3) is 15.0. The fourth-order valence-corrected chi connectivity index (χ4v) is 1.97. The van der Waals surface area contributed by atoms with Gasteiger partial charge in [0.2, 0.25) is 0 Å². The van der Waals surface area contributed by atoms with E-state index in [1.54, 1.807) is 0 Å². The summed E-state index contributed by atoms with van der Waals surface area (Å²) in [5.41, 5.74) is 2.88. The Morgan fingerprint density at radius 3 is 2.23 bits per heavy atom. The lowest BCUT2D eigenvalue weighted by atomic mass is 10.0. The molecule has 126 valence electrons. The molecule has 0 radical (unpaired) electrons. The number of hydrogen-bond acceptors (Lipinski definition) is 1. The molecule has 1 nitrogen and oxygen atoms in total. The highest BCUT2D eigenvalue weighted by Gasteiger charge is 1.93. The molecule has 0 bridgehead atoms. The lowest BCUT2D eigenvalue weighted by Crippen LogP contribution is -1.87. The van der Waals surface area contributed by atoms with Crippen LogP contribution in [0.15, 0.2) is 36.9 Å². The SMILES string of the molecule is C=CC(=O)CCC.CC.CCCCCCc1cccc(C)c1. The molecule has 0 aliphatic carbocycles. The molecule has 1 heteroatoms. The molecule has 22 heavy (non-hydrogen) atoms. The molecule has 0 spiro atoms. The van der Waals surface area contributed by atoms with Crippen LogP contribution in [-0.4, -0.2) is 5.78 Å². The van der Waals surface area contributed by atoms with E-state index < -0.39 is 0 Å². The molecule has 0 aromatic heterocycles. The van der Waals surface area contributed by atoms with E-state index in [2.05, 4.69) is 44.7 Å². The van der Waals surface area contributed by atoms with E-state index in [1.807, 2.05) is 20.8 Å². The van der Waals surface area contributed by atoms with Crippen molar-refractivity contribution in [2.45, 2.75) is 79.6 Å². The maximum Gasteiger partial charge on any atom is 0.155 e. The Balaban J connectivity index is 0. The summed E-state index contributed by atoms with van der Waals surface area (Å²) < 4.78 is 0. The van der Waals surface area contributed by atoms with Crippen LogP contribution in [0.1, 0.15) is 77.3 Å². The van der Waals surface area contributed by atoms with Crippen LogP contribution in [0.25, 0.3) is 0 Å². The molecule has 0 unspecified atom stereocenters. The Labute approximate surface area is 138 Å². The fraction of sp³-hybridized carbons (Fsp3) is 0.571. The number of carbonyl (C=O) groups is 1. The Morgan fingerprint density at radius 2 is 1.77 bits per heavy atom. The number of rotatable bonds is 8. The number of allylic oxidation sites excluding steroid dienone is 1. The molecular formula is C21H36O. The van der Waals surface area contributed by atoms with Gasteiger partial charge in [-0.2, -0.15) is 0 Å². The van der Waals surface area contributed by atoms with Crippen molar-refractivity contribution in [1.82, 2.24) is 0 Å². The highest BCUT2D eigenvalue weighted by atomic mass is 16.1. The first-order valence-corrected chi connectivity index (χ1v) is 8.84. The Bertz CT molecular complexity index is 379. The number of aryl methyl sites for hydroxylation is 2. The first-order chi connectivity index (χ1) is 10.6. The molecule has 0 saturated carbocycles. The Hall–Kier alpha value is -1.37. The summed E-state index contributed by atoms with van der Waals surface area (Å²) in [5.74, 6) is 0.141. The quantitative estimate of drug-likeness (QED) is 0.386. The van der Waals surface area contributed by atoms with Gasteiger partial charge in [-0.1, -0.05) is 83.4 Å². The molecule has 0 N–H and O–H groups in total. The van der Waals surface area contributed by atoms with Gasteiger partial charge in [0.1, 0.15) is 0 Å². The topological polar surface area (TPSA) is 17.1 Å². The van der Waals surface area contributed by atoms with Crippen LogP contribution in [0, 0.1) is 6.92 Å². The lowest BCUT2D eigenvalue weighted by molar-refractivity contribution is -0.114. The molecule has 0 atom stereocenters. The maximum absolute atomic E-state index is 10.3. The Morgan fingerprint density at radius 1 is 1.09 bits per heavy atom. The summed E-state index contributed by atoms with van der Waals surface area (Å²) in [6.07, 6.45) is 9.61. The first kappa shape index (κ1) is 22.9. The molecule has 0 heterocycles. The number of benzene rings is 1. The summed E-state index contributed by atoms with van der Waals surface area (Å²) in [6.45, 7) is 13.7. The van der Waals surface area contributed by atoms with Crippen LogP contribution in [0.4, 0.5) is 0 Å². The third-order valence-corrected chi connectivity index (χ3v) is 3.13. The van der Waals surface area contributed by atoms with Gasteiger partial charge < -0.3 is 0 Å². The summed E-state index contributed by atoms with van der Waals surface area (Å²) in [7, 11) is 0. The zero-order chi connectivity index (χ0) is 17.2. The van der Waals surface area contributed by atoms with Crippen molar-refractivity contribution in [3.05, 3.63) is 48.0 Å². The monoisotopic (exact) mass is 304 g/mol. The van der Waals surface area contributed by atoms with Crippen molar-refractivity contribution in [2.75, 3.05) is 0 Å². The lowest BCUT2D eigenvalue weighted by Gasteiger charge is -2.01. The second-order valence-electron chi connectivity index (χ2n) is 5.22. The third-order valence-electron chi connectivity index (χ3n) is 3.13. The van der Waals surface area contributed by atoms with Gasteiger partial charge >= 0.3 is 0 Å². The molecule has 0 amide bonds. The van der Waals surface area contributed by atoms with Crippen molar-refractivity contribution in [2.24, 2.45) is 0 Å². The summed E-state index contributed by atoms with van der Waals surface area (Å²) in [4.78, 5) is 10.3. The van der Waals surface area contributed by atoms with E-state index in [-0.39, 0.29) is 5.78 Å². The van der Waals surface area contributed by atoms with Crippen LogP contribution < -0.4 is 0 Å². The average molecular weight is 305 g/mol. The summed E-state index contributed by atoms with van der Waals surface area (Å²) >= 11 is 0. The van der Waals surface area contributed by atoms with Gasteiger partial charge in [0.15, 0.2) is 5.78 Å². The highest BCUT2D eigenvalue weighted by molar-refractivity contribution is 5.88. The first-order valence-electron chi connectivity index (χ1n) is 8.84. The fourth-order valence-electron chi connectivity index (χ4n) is 1.97. The van der Waals surface area contributed by atoms with Crippen LogP contribution in [0.3, 0.4) is 0 Å². The number of ketones is 1. The molecular weight excluding hydrogens is 268 g/mol. The van der Waals surface area contributed by atoms with E-state index in [0.29, 0.717) is 6.42 Å². The van der Waals surface area contributed by atoms with Gasteiger partial charge in [-0.15, -0.1) is 0 Å². The second-order valence-corrected chi connectivity index (χ2v) is 5.22. The minimum atomic E-state index is 0.141. The van der Waals surface area contributed by atoms with Crippen molar-refractivity contribution < 1.29 is 4.79 Å². The highest BCUT2D eigenvalue weighted by Crippen LogP contribution is 2.09. The minimum absolute atomic E-state index is 0.141. The van der Waals surface area contributed by atoms with Crippen molar-refractivity contribution >= 4 is 5.78 Å². The van der Waals surface area contributed by atoms with Gasteiger partial charge in [-0.25, -0.2) is 0 Å². The molecule has 1 aromatic carbocycles. The number of hydrogen-bond donors (Lipinski definition) is 0. The standard InChI is InChI=1S/C13H20.C6H10O.C2H6/c1-3-4-5-6-9-13-10-7-8-12(2)11-13;1-3-5-6(7)4-2;1-2/h7-8,10-11H,3-6,9H2,1-2H3;4H,2-3,5H2,1H3;1-2H3. The summed E-state index contributed by atoms with van der Waals surface area (Å²) in [5, 5.41) is 0. The van der Waals surface area contributed by atoms with Gasteiger partial charge in [-0.05, 0) is 37.8 Å². The number of carbonyl (C=O) groups excluding carboxylic acids is 1. The van der Waals surface area contributed by atoms with Crippen molar-refractivity contribution in [1.29, 1.82) is 0 Å². The maximum atomic E-state index is 10.3.